The molecule has 0 unspecified atom stereocenters. The number of pyridine rings is 1. The average Bonchev–Trinajstić information content (AvgIpc) is 2.92. The molecular formula is C21H27N3O2. The standard InChI is InChI=1S/C21H27N3O2/c1-16(2)26-19-10-7-17(8-11-19)23-21(25)20-12-9-18(15-22-20)24-13-5-3-4-6-14-24/h7-12,15-16H,3-6,13-14H2,1-2H3,(H,23,25). The number of aromatic nitrogens is 1. The zero-order chi connectivity index (χ0) is 18.4. The SMILES string of the molecule is CC(C)Oc1ccc(NC(=O)c2ccc(N3CCCCCC3)cn2)cc1. The maximum absolute atomic E-state index is 12.4. The molecule has 0 aliphatic carbocycles. The Morgan fingerprint density at radius 3 is 2.31 bits per heavy atom. The molecule has 138 valence electrons. The van der Waals surface area contributed by atoms with Crippen molar-refractivity contribution in [1.82, 2.24) is 4.98 Å². The van der Waals surface area contributed by atoms with Crippen LogP contribution in [0, 0.1) is 0 Å². The van der Waals surface area contributed by atoms with E-state index in [-0.39, 0.29) is 12.0 Å². The maximum Gasteiger partial charge on any atom is 0.274 e. The van der Waals surface area contributed by atoms with E-state index in [4.69, 9.17) is 4.74 Å². The van der Waals surface area contributed by atoms with Crippen LogP contribution in [0.5, 0.6) is 5.75 Å². The minimum atomic E-state index is -0.204. The Morgan fingerprint density at radius 1 is 1.04 bits per heavy atom. The summed E-state index contributed by atoms with van der Waals surface area (Å²) < 4.78 is 5.61. The molecule has 1 fully saturated rings. The van der Waals surface area contributed by atoms with Crippen LogP contribution in [0.15, 0.2) is 42.6 Å². The van der Waals surface area contributed by atoms with Crippen molar-refractivity contribution in [1.29, 1.82) is 0 Å². The monoisotopic (exact) mass is 353 g/mol. The van der Waals surface area contributed by atoms with Crippen LogP contribution < -0.4 is 15.0 Å². The first-order valence-corrected chi connectivity index (χ1v) is 9.41. The third-order valence-electron chi connectivity index (χ3n) is 4.44. The lowest BCUT2D eigenvalue weighted by molar-refractivity contribution is 0.102. The topological polar surface area (TPSA) is 54.5 Å². The highest BCUT2D eigenvalue weighted by molar-refractivity contribution is 6.02. The Labute approximate surface area is 155 Å². The number of ether oxygens (including phenoxy) is 1. The van der Waals surface area contributed by atoms with Crippen molar-refractivity contribution in [3.63, 3.8) is 0 Å². The molecule has 5 nitrogen and oxygen atoms in total. The lowest BCUT2D eigenvalue weighted by Crippen LogP contribution is -2.24. The van der Waals surface area contributed by atoms with E-state index in [0.29, 0.717) is 5.69 Å². The second kappa shape index (κ2) is 8.70. The van der Waals surface area contributed by atoms with Crippen molar-refractivity contribution in [3.05, 3.63) is 48.3 Å². The van der Waals surface area contributed by atoms with Gasteiger partial charge in [0.05, 0.1) is 18.0 Å². The van der Waals surface area contributed by atoms with Crippen LogP contribution in [0.3, 0.4) is 0 Å². The molecule has 0 radical (unpaired) electrons. The lowest BCUT2D eigenvalue weighted by Gasteiger charge is -2.22. The zero-order valence-electron chi connectivity index (χ0n) is 15.6. The fourth-order valence-corrected chi connectivity index (χ4v) is 3.12. The summed E-state index contributed by atoms with van der Waals surface area (Å²) in [5.41, 5.74) is 2.24. The van der Waals surface area contributed by atoms with Crippen LogP contribution >= 0.6 is 0 Å². The second-order valence-corrected chi connectivity index (χ2v) is 6.95. The number of nitrogens with zero attached hydrogens (tertiary/aromatic N) is 2. The summed E-state index contributed by atoms with van der Waals surface area (Å²) >= 11 is 0. The van der Waals surface area contributed by atoms with E-state index in [1.54, 1.807) is 12.3 Å². The van der Waals surface area contributed by atoms with E-state index in [2.05, 4.69) is 15.2 Å². The molecule has 0 spiro atoms. The van der Waals surface area contributed by atoms with E-state index in [9.17, 15) is 4.79 Å². The fourth-order valence-electron chi connectivity index (χ4n) is 3.12. The Bertz CT molecular complexity index is 703. The van der Waals surface area contributed by atoms with Crippen molar-refractivity contribution in [2.75, 3.05) is 23.3 Å². The predicted octanol–water partition coefficient (Wildman–Crippen LogP) is 4.50. The van der Waals surface area contributed by atoms with Gasteiger partial charge in [0.1, 0.15) is 11.4 Å². The number of hydrogen-bond donors (Lipinski definition) is 1. The molecule has 0 saturated carbocycles. The van der Waals surface area contributed by atoms with Crippen LogP contribution in [0.4, 0.5) is 11.4 Å². The van der Waals surface area contributed by atoms with Gasteiger partial charge >= 0.3 is 0 Å². The normalized spacial score (nSPS) is 14.8. The molecule has 1 aromatic carbocycles. The van der Waals surface area contributed by atoms with E-state index >= 15 is 0 Å². The smallest absolute Gasteiger partial charge is 0.274 e. The summed E-state index contributed by atoms with van der Waals surface area (Å²) in [6.07, 6.45) is 6.97. The third-order valence-corrected chi connectivity index (χ3v) is 4.44. The number of hydrogen-bond acceptors (Lipinski definition) is 4. The molecule has 1 aromatic heterocycles. The molecule has 1 aliphatic heterocycles. The molecule has 0 atom stereocenters. The van der Waals surface area contributed by atoms with Gasteiger partial charge in [0.15, 0.2) is 0 Å². The van der Waals surface area contributed by atoms with E-state index < -0.39 is 0 Å². The van der Waals surface area contributed by atoms with Gasteiger partial charge in [-0.05, 0) is 63.1 Å². The molecule has 1 N–H and O–H groups in total. The number of amides is 1. The largest absolute Gasteiger partial charge is 0.491 e. The number of benzene rings is 1. The van der Waals surface area contributed by atoms with Gasteiger partial charge in [-0.15, -0.1) is 0 Å². The highest BCUT2D eigenvalue weighted by Gasteiger charge is 2.12. The molecule has 0 bridgehead atoms. The first kappa shape index (κ1) is 18.2. The van der Waals surface area contributed by atoms with Crippen molar-refractivity contribution >= 4 is 17.3 Å². The number of carbonyl (C=O) groups is 1. The van der Waals surface area contributed by atoms with Gasteiger partial charge in [-0.1, -0.05) is 12.8 Å². The Balaban J connectivity index is 1.60. The van der Waals surface area contributed by atoms with Crippen molar-refractivity contribution < 1.29 is 9.53 Å². The molecule has 1 amide bonds. The average molecular weight is 353 g/mol. The van der Waals surface area contributed by atoms with Crippen LogP contribution in [0.25, 0.3) is 0 Å². The summed E-state index contributed by atoms with van der Waals surface area (Å²) in [7, 11) is 0. The second-order valence-electron chi connectivity index (χ2n) is 6.95. The Morgan fingerprint density at radius 2 is 1.73 bits per heavy atom. The highest BCUT2D eigenvalue weighted by atomic mass is 16.5. The minimum absolute atomic E-state index is 0.127. The third kappa shape index (κ3) is 4.97. The van der Waals surface area contributed by atoms with Gasteiger partial charge < -0.3 is 15.0 Å². The number of anilines is 2. The van der Waals surface area contributed by atoms with Gasteiger partial charge in [-0.25, -0.2) is 4.98 Å². The first-order valence-electron chi connectivity index (χ1n) is 9.41. The van der Waals surface area contributed by atoms with E-state index in [1.165, 1.54) is 25.7 Å². The Kier molecular flexibility index (Phi) is 6.10. The van der Waals surface area contributed by atoms with Crippen molar-refractivity contribution in [3.8, 4) is 5.75 Å². The van der Waals surface area contributed by atoms with Gasteiger partial charge in [0, 0.05) is 18.8 Å². The van der Waals surface area contributed by atoms with Crippen LogP contribution in [0.2, 0.25) is 0 Å². The highest BCUT2D eigenvalue weighted by Crippen LogP contribution is 2.20. The van der Waals surface area contributed by atoms with Crippen LogP contribution in [-0.2, 0) is 0 Å². The number of carbonyl (C=O) groups excluding carboxylic acids is 1. The first-order chi connectivity index (χ1) is 12.6. The van der Waals surface area contributed by atoms with E-state index in [1.807, 2.05) is 44.2 Å². The van der Waals surface area contributed by atoms with E-state index in [0.717, 1.165) is 30.2 Å². The molecule has 26 heavy (non-hydrogen) atoms. The fraction of sp³-hybridized carbons (Fsp3) is 0.429. The Hall–Kier alpha value is -2.56. The summed E-state index contributed by atoms with van der Waals surface area (Å²) in [5, 5.41) is 2.88. The van der Waals surface area contributed by atoms with Crippen molar-refractivity contribution in [2.24, 2.45) is 0 Å². The molecule has 1 aliphatic rings. The summed E-state index contributed by atoms with van der Waals surface area (Å²) in [4.78, 5) is 19.1. The predicted molar refractivity (Wildman–Crippen MR) is 105 cm³/mol. The van der Waals surface area contributed by atoms with Crippen molar-refractivity contribution in [2.45, 2.75) is 45.6 Å². The molecule has 1 saturated heterocycles. The van der Waals surface area contributed by atoms with Crippen LogP contribution in [-0.4, -0.2) is 30.1 Å². The molecule has 5 heteroatoms. The zero-order valence-corrected chi connectivity index (χ0v) is 15.6. The summed E-state index contributed by atoms with van der Waals surface area (Å²) in [6, 6.07) is 11.2. The lowest BCUT2D eigenvalue weighted by atomic mass is 10.2. The van der Waals surface area contributed by atoms with Gasteiger partial charge in [-0.2, -0.15) is 0 Å². The maximum atomic E-state index is 12.4. The number of rotatable bonds is 5. The van der Waals surface area contributed by atoms with Gasteiger partial charge in [-0.3, -0.25) is 4.79 Å². The number of nitrogens with one attached hydrogen (secondary N) is 1. The molecule has 3 rings (SSSR count). The van der Waals surface area contributed by atoms with Crippen LogP contribution in [0.1, 0.15) is 50.0 Å². The summed E-state index contributed by atoms with van der Waals surface area (Å²) in [5.74, 6) is 0.586. The minimum Gasteiger partial charge on any atom is -0.491 e. The summed E-state index contributed by atoms with van der Waals surface area (Å²) in [6.45, 7) is 6.10. The molecule has 2 heterocycles. The molecule has 2 aromatic rings. The molecular weight excluding hydrogens is 326 g/mol. The quantitative estimate of drug-likeness (QED) is 0.860. The van der Waals surface area contributed by atoms with Gasteiger partial charge in [0.25, 0.3) is 5.91 Å². The van der Waals surface area contributed by atoms with Gasteiger partial charge in [0.2, 0.25) is 0 Å².